The van der Waals surface area contributed by atoms with E-state index in [2.05, 4.69) is 11.9 Å². The molecule has 1 aromatic carbocycles. The molecule has 124 valence electrons. The summed E-state index contributed by atoms with van der Waals surface area (Å²) in [4.78, 5) is 25.5. The van der Waals surface area contributed by atoms with Crippen LogP contribution in [0.25, 0.3) is 0 Å². The molecule has 0 aromatic heterocycles. The second kappa shape index (κ2) is 8.48. The Morgan fingerprint density at radius 3 is 2.61 bits per heavy atom. The molecule has 2 amide bonds. The van der Waals surface area contributed by atoms with Crippen molar-refractivity contribution in [3.8, 4) is 0 Å². The van der Waals surface area contributed by atoms with Crippen LogP contribution in [0.3, 0.4) is 0 Å². The summed E-state index contributed by atoms with van der Waals surface area (Å²) in [6.45, 7) is 4.67. The summed E-state index contributed by atoms with van der Waals surface area (Å²) < 4.78 is 5.08. The standard InChI is InChI=1S/C18H24N2O3/c1-3-17(21)19-15-7-4-14(5-8-15)6-11-18(22)20(12-13-23-2)16-9-10-16/h3-5,7-8,16H,1,6,9-13H2,2H3,(H,19,21). The number of benzene rings is 1. The van der Waals surface area contributed by atoms with Gasteiger partial charge in [-0.1, -0.05) is 18.7 Å². The van der Waals surface area contributed by atoms with Gasteiger partial charge in [-0.15, -0.1) is 0 Å². The normalized spacial score (nSPS) is 13.4. The number of anilines is 1. The van der Waals surface area contributed by atoms with Crippen LogP contribution in [0.1, 0.15) is 24.8 Å². The third-order valence-corrected chi connectivity index (χ3v) is 3.88. The minimum absolute atomic E-state index is 0.189. The first kappa shape index (κ1) is 17.2. The Hall–Kier alpha value is -2.14. The van der Waals surface area contributed by atoms with Gasteiger partial charge in [0.2, 0.25) is 11.8 Å². The van der Waals surface area contributed by atoms with Crippen molar-refractivity contribution in [1.82, 2.24) is 4.90 Å². The quantitative estimate of drug-likeness (QED) is 0.712. The average Bonchev–Trinajstić information content (AvgIpc) is 3.39. The van der Waals surface area contributed by atoms with Gasteiger partial charge in [0.25, 0.3) is 0 Å². The molecule has 0 unspecified atom stereocenters. The van der Waals surface area contributed by atoms with Gasteiger partial charge in [-0.25, -0.2) is 0 Å². The van der Waals surface area contributed by atoms with Crippen LogP contribution in [0, 0.1) is 0 Å². The molecule has 0 radical (unpaired) electrons. The zero-order chi connectivity index (χ0) is 16.7. The number of methoxy groups -OCH3 is 1. The fraction of sp³-hybridized carbons (Fsp3) is 0.444. The molecule has 0 bridgehead atoms. The minimum atomic E-state index is -0.230. The fourth-order valence-electron chi connectivity index (χ4n) is 2.43. The van der Waals surface area contributed by atoms with Crippen molar-refractivity contribution >= 4 is 17.5 Å². The van der Waals surface area contributed by atoms with E-state index in [1.165, 1.54) is 6.08 Å². The Morgan fingerprint density at radius 2 is 2.04 bits per heavy atom. The number of hydrogen-bond acceptors (Lipinski definition) is 3. The van der Waals surface area contributed by atoms with E-state index < -0.39 is 0 Å². The Balaban J connectivity index is 1.83. The molecule has 1 saturated carbocycles. The van der Waals surface area contributed by atoms with Crippen molar-refractivity contribution < 1.29 is 14.3 Å². The molecule has 1 aromatic rings. The molecular formula is C18H24N2O3. The number of aryl methyl sites for hydroxylation is 1. The maximum absolute atomic E-state index is 12.4. The van der Waals surface area contributed by atoms with Crippen molar-refractivity contribution in [3.63, 3.8) is 0 Å². The molecule has 5 nitrogen and oxygen atoms in total. The lowest BCUT2D eigenvalue weighted by Crippen LogP contribution is -2.35. The molecule has 23 heavy (non-hydrogen) atoms. The number of nitrogens with one attached hydrogen (secondary N) is 1. The summed E-state index contributed by atoms with van der Waals surface area (Å²) in [7, 11) is 1.66. The first-order valence-corrected chi connectivity index (χ1v) is 7.95. The second-order valence-electron chi connectivity index (χ2n) is 5.70. The lowest BCUT2D eigenvalue weighted by molar-refractivity contribution is -0.132. The third-order valence-electron chi connectivity index (χ3n) is 3.88. The molecule has 1 aliphatic rings. The van der Waals surface area contributed by atoms with E-state index in [0.29, 0.717) is 32.0 Å². The summed E-state index contributed by atoms with van der Waals surface area (Å²) >= 11 is 0. The number of carbonyl (C=O) groups excluding carboxylic acids is 2. The van der Waals surface area contributed by atoms with Crippen LogP contribution in [0.4, 0.5) is 5.69 Å². The van der Waals surface area contributed by atoms with Crippen molar-refractivity contribution in [2.45, 2.75) is 31.7 Å². The predicted octanol–water partition coefficient (Wildman–Crippen LogP) is 2.38. The van der Waals surface area contributed by atoms with E-state index in [9.17, 15) is 9.59 Å². The summed E-state index contributed by atoms with van der Waals surface area (Å²) in [5.74, 6) is -0.0419. The van der Waals surface area contributed by atoms with Crippen LogP contribution in [0.15, 0.2) is 36.9 Å². The highest BCUT2D eigenvalue weighted by molar-refractivity contribution is 5.98. The van der Waals surface area contributed by atoms with Gasteiger partial charge in [0.05, 0.1) is 6.61 Å². The van der Waals surface area contributed by atoms with Crippen LogP contribution in [0.2, 0.25) is 0 Å². The molecular weight excluding hydrogens is 292 g/mol. The first-order valence-electron chi connectivity index (χ1n) is 7.95. The van der Waals surface area contributed by atoms with Gasteiger partial charge in [-0.05, 0) is 43.0 Å². The molecule has 1 fully saturated rings. The monoisotopic (exact) mass is 316 g/mol. The van der Waals surface area contributed by atoms with E-state index in [-0.39, 0.29) is 11.8 Å². The second-order valence-corrected chi connectivity index (χ2v) is 5.70. The smallest absolute Gasteiger partial charge is 0.247 e. The van der Waals surface area contributed by atoms with Gasteiger partial charge >= 0.3 is 0 Å². The highest BCUT2D eigenvalue weighted by Crippen LogP contribution is 2.27. The maximum atomic E-state index is 12.4. The molecule has 0 saturated heterocycles. The average molecular weight is 316 g/mol. The lowest BCUT2D eigenvalue weighted by atomic mass is 10.1. The molecule has 0 aliphatic heterocycles. The first-order chi connectivity index (χ1) is 11.1. The number of rotatable bonds is 9. The molecule has 0 heterocycles. The molecule has 1 aliphatic carbocycles. The van der Waals surface area contributed by atoms with E-state index in [1.54, 1.807) is 7.11 Å². The highest BCUT2D eigenvalue weighted by atomic mass is 16.5. The van der Waals surface area contributed by atoms with E-state index in [4.69, 9.17) is 4.74 Å². The van der Waals surface area contributed by atoms with Crippen LogP contribution in [0.5, 0.6) is 0 Å². The largest absolute Gasteiger partial charge is 0.383 e. The van der Waals surface area contributed by atoms with E-state index in [1.807, 2.05) is 29.2 Å². The Kier molecular flexibility index (Phi) is 6.35. The van der Waals surface area contributed by atoms with Crippen molar-refractivity contribution in [2.75, 3.05) is 25.6 Å². The number of ether oxygens (including phenoxy) is 1. The predicted molar refractivity (Wildman–Crippen MR) is 90.2 cm³/mol. The number of nitrogens with zero attached hydrogens (tertiary/aromatic N) is 1. The van der Waals surface area contributed by atoms with Crippen LogP contribution >= 0.6 is 0 Å². The van der Waals surface area contributed by atoms with Gasteiger partial charge in [-0.3, -0.25) is 9.59 Å². The summed E-state index contributed by atoms with van der Waals surface area (Å²) in [6.07, 6.45) is 4.64. The number of hydrogen-bond donors (Lipinski definition) is 1. The van der Waals surface area contributed by atoms with Gasteiger partial charge in [0.15, 0.2) is 0 Å². The van der Waals surface area contributed by atoms with Gasteiger partial charge in [0.1, 0.15) is 0 Å². The van der Waals surface area contributed by atoms with Gasteiger partial charge in [0, 0.05) is 31.8 Å². The lowest BCUT2D eigenvalue weighted by Gasteiger charge is -2.22. The highest BCUT2D eigenvalue weighted by Gasteiger charge is 2.31. The molecule has 5 heteroatoms. The fourth-order valence-corrected chi connectivity index (χ4v) is 2.43. The molecule has 0 spiro atoms. The molecule has 0 atom stereocenters. The third kappa shape index (κ3) is 5.53. The van der Waals surface area contributed by atoms with Crippen LogP contribution in [-0.2, 0) is 20.7 Å². The number of amides is 2. The van der Waals surface area contributed by atoms with E-state index >= 15 is 0 Å². The zero-order valence-corrected chi connectivity index (χ0v) is 13.6. The molecule has 2 rings (SSSR count). The Bertz CT molecular complexity index is 550. The maximum Gasteiger partial charge on any atom is 0.247 e. The minimum Gasteiger partial charge on any atom is -0.383 e. The SMILES string of the molecule is C=CC(=O)Nc1ccc(CCC(=O)N(CCOC)C2CC2)cc1. The van der Waals surface area contributed by atoms with Crippen molar-refractivity contribution in [3.05, 3.63) is 42.5 Å². The Labute approximate surface area is 137 Å². The Morgan fingerprint density at radius 1 is 1.35 bits per heavy atom. The van der Waals surface area contributed by atoms with E-state index in [0.717, 1.165) is 24.1 Å². The summed E-state index contributed by atoms with van der Waals surface area (Å²) in [5, 5.41) is 2.70. The van der Waals surface area contributed by atoms with Crippen LogP contribution in [-0.4, -0.2) is 43.0 Å². The summed E-state index contributed by atoms with van der Waals surface area (Å²) in [6, 6.07) is 7.95. The summed E-state index contributed by atoms with van der Waals surface area (Å²) in [5.41, 5.74) is 1.81. The number of carbonyl (C=O) groups is 2. The zero-order valence-electron chi connectivity index (χ0n) is 13.6. The topological polar surface area (TPSA) is 58.6 Å². The van der Waals surface area contributed by atoms with Crippen LogP contribution < -0.4 is 5.32 Å². The van der Waals surface area contributed by atoms with Crippen molar-refractivity contribution in [2.24, 2.45) is 0 Å². The van der Waals surface area contributed by atoms with Crippen molar-refractivity contribution in [1.29, 1.82) is 0 Å². The van der Waals surface area contributed by atoms with Gasteiger partial charge < -0.3 is 15.0 Å². The molecule has 1 N–H and O–H groups in total. The van der Waals surface area contributed by atoms with Gasteiger partial charge in [-0.2, -0.15) is 0 Å².